The second-order valence-electron chi connectivity index (χ2n) is 5.58. The van der Waals surface area contributed by atoms with Crippen LogP contribution in [0.5, 0.6) is 0 Å². The number of hydrogen-bond acceptors (Lipinski definition) is 4. The van der Waals surface area contributed by atoms with Crippen molar-refractivity contribution in [1.29, 1.82) is 0 Å². The number of ether oxygens (including phenoxy) is 1. The summed E-state index contributed by atoms with van der Waals surface area (Å²) in [5.74, 6) is 0.540. The number of amides is 1. The molecule has 3 atom stereocenters. The lowest BCUT2D eigenvalue weighted by molar-refractivity contribution is -0.140. The number of fused-ring (bicyclic) bond motifs is 1. The largest absolute Gasteiger partial charge is 0.469 e. The molecule has 0 aromatic heterocycles. The average molecular weight is 305 g/mol. The van der Waals surface area contributed by atoms with Gasteiger partial charge in [0.05, 0.1) is 13.2 Å². The van der Waals surface area contributed by atoms with Crippen molar-refractivity contribution < 1.29 is 14.3 Å². The predicted molar refractivity (Wildman–Crippen MR) is 78.8 cm³/mol. The van der Waals surface area contributed by atoms with E-state index >= 15 is 0 Å². The Kier molecular flexibility index (Phi) is 7.30. The molecule has 1 saturated heterocycles. The van der Waals surface area contributed by atoms with Gasteiger partial charge in [-0.05, 0) is 31.6 Å². The van der Waals surface area contributed by atoms with Crippen molar-refractivity contribution in [2.75, 3.05) is 13.7 Å². The molecule has 2 fully saturated rings. The minimum Gasteiger partial charge on any atom is -0.469 e. The van der Waals surface area contributed by atoms with Crippen LogP contribution in [0.2, 0.25) is 0 Å². The monoisotopic (exact) mass is 304 g/mol. The Morgan fingerprint density at radius 2 is 2.05 bits per heavy atom. The molecule has 5 nitrogen and oxygen atoms in total. The Balaban J connectivity index is 0.00000200. The lowest BCUT2D eigenvalue weighted by Crippen LogP contribution is -2.43. The smallest absolute Gasteiger partial charge is 0.305 e. The number of halogens is 1. The molecule has 2 aliphatic rings. The lowest BCUT2D eigenvalue weighted by Gasteiger charge is -2.24. The van der Waals surface area contributed by atoms with Crippen molar-refractivity contribution in [2.24, 2.45) is 5.92 Å². The number of esters is 1. The highest BCUT2D eigenvalue weighted by Crippen LogP contribution is 2.33. The summed E-state index contributed by atoms with van der Waals surface area (Å²) in [7, 11) is 1.38. The Hall–Kier alpha value is -0.810. The van der Waals surface area contributed by atoms with Crippen molar-refractivity contribution in [3.8, 4) is 0 Å². The molecule has 1 aliphatic heterocycles. The molecule has 1 aliphatic carbocycles. The van der Waals surface area contributed by atoms with Crippen LogP contribution in [-0.2, 0) is 14.3 Å². The van der Waals surface area contributed by atoms with Gasteiger partial charge in [0, 0.05) is 19.0 Å². The molecule has 0 radical (unpaired) electrons. The topological polar surface area (TPSA) is 67.4 Å². The molecular formula is C14H25ClN2O3. The van der Waals surface area contributed by atoms with Gasteiger partial charge in [0.25, 0.3) is 0 Å². The first-order chi connectivity index (χ1) is 9.20. The van der Waals surface area contributed by atoms with Crippen molar-refractivity contribution in [3.63, 3.8) is 0 Å². The summed E-state index contributed by atoms with van der Waals surface area (Å²) < 4.78 is 4.56. The summed E-state index contributed by atoms with van der Waals surface area (Å²) in [6.07, 6.45) is 7.00. The van der Waals surface area contributed by atoms with Gasteiger partial charge in [-0.15, -0.1) is 12.4 Å². The van der Waals surface area contributed by atoms with E-state index in [0.717, 1.165) is 6.42 Å². The van der Waals surface area contributed by atoms with Gasteiger partial charge >= 0.3 is 5.97 Å². The maximum atomic E-state index is 12.0. The zero-order valence-corrected chi connectivity index (χ0v) is 12.8. The van der Waals surface area contributed by atoms with Crippen LogP contribution in [0.25, 0.3) is 0 Å². The van der Waals surface area contributed by atoms with Crippen LogP contribution in [0.1, 0.15) is 44.9 Å². The van der Waals surface area contributed by atoms with Gasteiger partial charge in [0.15, 0.2) is 0 Å². The van der Waals surface area contributed by atoms with Crippen LogP contribution in [-0.4, -0.2) is 37.6 Å². The van der Waals surface area contributed by atoms with E-state index in [2.05, 4.69) is 15.4 Å². The van der Waals surface area contributed by atoms with Crippen LogP contribution < -0.4 is 10.6 Å². The normalized spacial score (nSPS) is 28.1. The number of nitrogens with one attached hydrogen (secondary N) is 2. The SMILES string of the molecule is COC(=O)CCCNC(=O)C1CC2CCCCC2N1.Cl. The first kappa shape index (κ1) is 17.2. The molecule has 0 bridgehead atoms. The molecular weight excluding hydrogens is 280 g/mol. The van der Waals surface area contributed by atoms with Gasteiger partial charge in [-0.25, -0.2) is 0 Å². The van der Waals surface area contributed by atoms with E-state index < -0.39 is 0 Å². The summed E-state index contributed by atoms with van der Waals surface area (Å²) in [4.78, 5) is 22.9. The minimum atomic E-state index is -0.223. The molecule has 2 N–H and O–H groups in total. The van der Waals surface area contributed by atoms with Crippen LogP contribution in [0.4, 0.5) is 0 Å². The third kappa shape index (κ3) is 4.63. The standard InChI is InChI=1S/C14H24N2O3.ClH/c1-19-13(17)7-4-8-15-14(18)12-9-10-5-2-3-6-11(10)16-12;/h10-12,16H,2-9H2,1H3,(H,15,18);1H. The van der Waals surface area contributed by atoms with Gasteiger partial charge in [0.1, 0.15) is 0 Å². The highest BCUT2D eigenvalue weighted by Gasteiger charge is 2.37. The molecule has 2 rings (SSSR count). The van der Waals surface area contributed by atoms with Crippen LogP contribution in [0, 0.1) is 5.92 Å². The molecule has 116 valence electrons. The van der Waals surface area contributed by atoms with Crippen molar-refractivity contribution in [2.45, 2.75) is 57.0 Å². The van der Waals surface area contributed by atoms with Crippen LogP contribution >= 0.6 is 12.4 Å². The van der Waals surface area contributed by atoms with Crippen molar-refractivity contribution in [1.82, 2.24) is 10.6 Å². The maximum Gasteiger partial charge on any atom is 0.305 e. The van der Waals surface area contributed by atoms with Gasteiger partial charge in [-0.2, -0.15) is 0 Å². The Morgan fingerprint density at radius 1 is 1.30 bits per heavy atom. The van der Waals surface area contributed by atoms with Gasteiger partial charge in [0.2, 0.25) is 5.91 Å². The predicted octanol–water partition coefficient (Wildman–Crippen LogP) is 1.40. The molecule has 0 aromatic carbocycles. The quantitative estimate of drug-likeness (QED) is 0.595. The average Bonchev–Trinajstić information content (AvgIpc) is 2.87. The highest BCUT2D eigenvalue weighted by molar-refractivity contribution is 5.85. The van der Waals surface area contributed by atoms with E-state index in [4.69, 9.17) is 0 Å². The van der Waals surface area contributed by atoms with E-state index in [0.29, 0.717) is 31.3 Å². The van der Waals surface area contributed by atoms with Crippen LogP contribution in [0.3, 0.4) is 0 Å². The Labute approximate surface area is 126 Å². The minimum absolute atomic E-state index is 0. The van der Waals surface area contributed by atoms with Crippen molar-refractivity contribution >= 4 is 24.3 Å². The second kappa shape index (κ2) is 8.47. The first-order valence-corrected chi connectivity index (χ1v) is 7.31. The Bertz CT molecular complexity index is 324. The van der Waals surface area contributed by atoms with Gasteiger partial charge in [-0.3, -0.25) is 9.59 Å². The first-order valence-electron chi connectivity index (χ1n) is 7.31. The van der Waals surface area contributed by atoms with Gasteiger partial charge < -0.3 is 15.4 Å². The zero-order valence-electron chi connectivity index (χ0n) is 12.0. The van der Waals surface area contributed by atoms with Gasteiger partial charge in [-0.1, -0.05) is 12.8 Å². The summed E-state index contributed by atoms with van der Waals surface area (Å²) >= 11 is 0. The van der Waals surface area contributed by atoms with E-state index in [9.17, 15) is 9.59 Å². The fourth-order valence-corrected chi connectivity index (χ4v) is 3.19. The third-order valence-electron chi connectivity index (χ3n) is 4.26. The number of carbonyl (C=O) groups is 2. The molecule has 0 spiro atoms. The lowest BCUT2D eigenvalue weighted by atomic mass is 9.85. The number of hydrogen-bond donors (Lipinski definition) is 2. The van der Waals surface area contributed by atoms with E-state index in [-0.39, 0.29) is 30.3 Å². The fraction of sp³-hybridized carbons (Fsp3) is 0.857. The molecule has 6 heteroatoms. The van der Waals surface area contributed by atoms with E-state index in [1.165, 1.54) is 32.8 Å². The summed E-state index contributed by atoms with van der Waals surface area (Å²) in [5, 5.41) is 6.35. The molecule has 1 saturated carbocycles. The third-order valence-corrected chi connectivity index (χ3v) is 4.26. The highest BCUT2D eigenvalue weighted by atomic mass is 35.5. The Morgan fingerprint density at radius 3 is 2.75 bits per heavy atom. The number of carbonyl (C=O) groups excluding carboxylic acids is 2. The molecule has 1 heterocycles. The van der Waals surface area contributed by atoms with E-state index in [1.807, 2.05) is 0 Å². The molecule has 20 heavy (non-hydrogen) atoms. The van der Waals surface area contributed by atoms with Crippen LogP contribution in [0.15, 0.2) is 0 Å². The maximum absolute atomic E-state index is 12.0. The van der Waals surface area contributed by atoms with E-state index in [1.54, 1.807) is 0 Å². The fourth-order valence-electron chi connectivity index (χ4n) is 3.19. The summed E-state index contributed by atoms with van der Waals surface area (Å²) in [5.41, 5.74) is 0. The molecule has 3 unspecified atom stereocenters. The summed E-state index contributed by atoms with van der Waals surface area (Å²) in [6.45, 7) is 0.543. The number of rotatable bonds is 5. The van der Waals surface area contributed by atoms with Crippen molar-refractivity contribution in [3.05, 3.63) is 0 Å². The molecule has 0 aromatic rings. The molecule has 1 amide bonds. The number of methoxy groups -OCH3 is 1. The second-order valence-corrected chi connectivity index (χ2v) is 5.58. The zero-order chi connectivity index (χ0) is 13.7. The summed E-state index contributed by atoms with van der Waals surface area (Å²) in [6, 6.07) is 0.505.